The summed E-state index contributed by atoms with van der Waals surface area (Å²) in [5.41, 5.74) is 1.82. The number of carbonyl (C=O) groups is 1. The lowest BCUT2D eigenvalue weighted by Crippen LogP contribution is -2.01. The zero-order valence-corrected chi connectivity index (χ0v) is 11.7. The van der Waals surface area contributed by atoms with Crippen LogP contribution in [0.1, 0.15) is 15.9 Å². The van der Waals surface area contributed by atoms with Crippen molar-refractivity contribution >= 4 is 34.9 Å². The van der Waals surface area contributed by atoms with Gasteiger partial charge in [-0.2, -0.15) is 0 Å². The molecule has 0 bridgehead atoms. The van der Waals surface area contributed by atoms with Gasteiger partial charge in [0.25, 0.3) is 0 Å². The van der Waals surface area contributed by atoms with Crippen molar-refractivity contribution in [2.45, 2.75) is 6.54 Å². The normalized spacial score (nSPS) is 10.3. The highest BCUT2D eigenvalue weighted by atomic mass is 35.5. The Labute approximate surface area is 125 Å². The number of phenols is 1. The molecule has 3 N–H and O–H groups in total. The van der Waals surface area contributed by atoms with Crippen molar-refractivity contribution in [1.82, 2.24) is 0 Å². The van der Waals surface area contributed by atoms with Gasteiger partial charge in [0.1, 0.15) is 0 Å². The first-order chi connectivity index (χ1) is 9.47. The number of rotatable bonds is 4. The Morgan fingerprint density at radius 3 is 2.15 bits per heavy atom. The molecule has 0 radical (unpaired) electrons. The molecule has 0 atom stereocenters. The molecule has 0 aromatic heterocycles. The largest absolute Gasteiger partial charge is 0.505 e. The third kappa shape index (κ3) is 3.35. The smallest absolute Gasteiger partial charge is 0.335 e. The van der Waals surface area contributed by atoms with Gasteiger partial charge in [-0.15, -0.1) is 0 Å². The molecule has 0 aliphatic rings. The summed E-state index contributed by atoms with van der Waals surface area (Å²) < 4.78 is 0. The molecule has 2 aromatic carbocycles. The fraction of sp³-hybridized carbons (Fsp3) is 0.0714. The van der Waals surface area contributed by atoms with Crippen LogP contribution >= 0.6 is 23.2 Å². The average molecular weight is 312 g/mol. The quantitative estimate of drug-likeness (QED) is 0.746. The van der Waals surface area contributed by atoms with Crippen LogP contribution in [0.3, 0.4) is 0 Å². The second-order valence-electron chi connectivity index (χ2n) is 4.14. The fourth-order valence-electron chi connectivity index (χ4n) is 1.64. The highest BCUT2D eigenvalue weighted by Crippen LogP contribution is 2.34. The van der Waals surface area contributed by atoms with Crippen LogP contribution < -0.4 is 5.32 Å². The van der Waals surface area contributed by atoms with E-state index in [-0.39, 0.29) is 21.4 Å². The zero-order valence-electron chi connectivity index (χ0n) is 10.2. The van der Waals surface area contributed by atoms with Crippen LogP contribution in [0.4, 0.5) is 5.69 Å². The van der Waals surface area contributed by atoms with Gasteiger partial charge in [0.2, 0.25) is 0 Å². The first kappa shape index (κ1) is 14.5. The van der Waals surface area contributed by atoms with Gasteiger partial charge in [0.05, 0.1) is 15.6 Å². The Morgan fingerprint density at radius 1 is 1.10 bits per heavy atom. The number of carboxylic acid groups (broad SMARTS) is 1. The lowest BCUT2D eigenvalue weighted by atomic mass is 10.1. The minimum absolute atomic E-state index is 0.148. The Balaban J connectivity index is 2.07. The highest BCUT2D eigenvalue weighted by Gasteiger charge is 2.07. The summed E-state index contributed by atoms with van der Waals surface area (Å²) in [7, 11) is 0. The second kappa shape index (κ2) is 6.03. The lowest BCUT2D eigenvalue weighted by Gasteiger charge is -2.09. The van der Waals surface area contributed by atoms with Gasteiger partial charge in [-0.3, -0.25) is 0 Å². The van der Waals surface area contributed by atoms with Crippen LogP contribution in [-0.4, -0.2) is 16.2 Å². The molecule has 104 valence electrons. The number of hydrogen-bond acceptors (Lipinski definition) is 3. The molecule has 0 aliphatic carbocycles. The molecule has 0 unspecified atom stereocenters. The Morgan fingerprint density at radius 2 is 1.65 bits per heavy atom. The van der Waals surface area contributed by atoms with Crippen LogP contribution in [-0.2, 0) is 6.54 Å². The predicted octanol–water partition coefficient (Wildman–Crippen LogP) is 4.01. The summed E-state index contributed by atoms with van der Waals surface area (Å²) in [4.78, 5) is 10.7. The van der Waals surface area contributed by atoms with Crippen molar-refractivity contribution in [2.75, 3.05) is 5.32 Å². The van der Waals surface area contributed by atoms with Crippen LogP contribution in [0.15, 0.2) is 36.4 Å². The highest BCUT2D eigenvalue weighted by molar-refractivity contribution is 6.37. The molecule has 0 saturated heterocycles. The first-order valence-electron chi connectivity index (χ1n) is 5.71. The number of benzene rings is 2. The Kier molecular flexibility index (Phi) is 4.37. The number of aromatic carboxylic acids is 1. The number of hydrogen-bond donors (Lipinski definition) is 3. The molecular formula is C14H11Cl2NO3. The summed E-state index contributed by atoms with van der Waals surface area (Å²) in [6, 6.07) is 9.65. The molecule has 0 heterocycles. The molecule has 6 heteroatoms. The maximum absolute atomic E-state index is 10.7. The standard InChI is InChI=1S/C14H11Cl2NO3/c15-11-5-10(6-12(16)13(11)18)17-7-8-1-3-9(4-2-8)14(19)20/h1-6,17-18H,7H2,(H,19,20). The predicted molar refractivity (Wildman–Crippen MR) is 78.9 cm³/mol. The number of anilines is 1. The molecule has 2 aromatic rings. The molecular weight excluding hydrogens is 301 g/mol. The summed E-state index contributed by atoms with van der Waals surface area (Å²) in [5.74, 6) is -1.11. The van der Waals surface area contributed by atoms with E-state index in [0.717, 1.165) is 5.56 Å². The van der Waals surface area contributed by atoms with Crippen molar-refractivity contribution in [3.63, 3.8) is 0 Å². The Bertz CT molecular complexity index is 618. The average Bonchev–Trinajstić information content (AvgIpc) is 2.42. The van der Waals surface area contributed by atoms with Crippen molar-refractivity contribution in [3.05, 3.63) is 57.6 Å². The van der Waals surface area contributed by atoms with Gasteiger partial charge in [-0.1, -0.05) is 35.3 Å². The minimum atomic E-state index is -0.957. The summed E-state index contributed by atoms with van der Waals surface area (Å²) >= 11 is 11.6. The van der Waals surface area contributed by atoms with E-state index < -0.39 is 5.97 Å². The number of carboxylic acids is 1. The topological polar surface area (TPSA) is 69.6 Å². The van der Waals surface area contributed by atoms with E-state index in [9.17, 15) is 9.90 Å². The fourth-order valence-corrected chi connectivity index (χ4v) is 2.12. The zero-order chi connectivity index (χ0) is 14.7. The van der Waals surface area contributed by atoms with E-state index >= 15 is 0 Å². The van der Waals surface area contributed by atoms with Gasteiger partial charge < -0.3 is 15.5 Å². The minimum Gasteiger partial charge on any atom is -0.505 e. The van der Waals surface area contributed by atoms with Gasteiger partial charge in [0.15, 0.2) is 5.75 Å². The van der Waals surface area contributed by atoms with E-state index in [1.165, 1.54) is 12.1 Å². The maximum Gasteiger partial charge on any atom is 0.335 e. The molecule has 4 nitrogen and oxygen atoms in total. The third-order valence-corrected chi connectivity index (χ3v) is 3.29. The van der Waals surface area contributed by atoms with Gasteiger partial charge in [0, 0.05) is 12.2 Å². The molecule has 0 spiro atoms. The van der Waals surface area contributed by atoms with E-state index in [1.807, 2.05) is 0 Å². The van der Waals surface area contributed by atoms with E-state index in [1.54, 1.807) is 24.3 Å². The number of halogens is 2. The van der Waals surface area contributed by atoms with E-state index in [4.69, 9.17) is 28.3 Å². The second-order valence-corrected chi connectivity index (χ2v) is 4.96. The van der Waals surface area contributed by atoms with Crippen molar-refractivity contribution in [3.8, 4) is 5.75 Å². The molecule has 0 saturated carbocycles. The van der Waals surface area contributed by atoms with Crippen molar-refractivity contribution in [1.29, 1.82) is 0 Å². The van der Waals surface area contributed by atoms with E-state index in [0.29, 0.717) is 12.2 Å². The molecule has 2 rings (SSSR count). The van der Waals surface area contributed by atoms with Crippen molar-refractivity contribution in [2.24, 2.45) is 0 Å². The number of aromatic hydroxyl groups is 1. The molecule has 0 aliphatic heterocycles. The summed E-state index contributed by atoms with van der Waals surface area (Å²) in [5, 5.41) is 21.7. The van der Waals surface area contributed by atoms with Gasteiger partial charge in [-0.05, 0) is 29.8 Å². The molecule has 0 amide bonds. The van der Waals surface area contributed by atoms with Crippen LogP contribution in [0.2, 0.25) is 10.0 Å². The van der Waals surface area contributed by atoms with Gasteiger partial charge in [-0.25, -0.2) is 4.79 Å². The first-order valence-corrected chi connectivity index (χ1v) is 6.47. The molecule has 0 fully saturated rings. The number of phenolic OH excluding ortho intramolecular Hbond substituents is 1. The summed E-state index contributed by atoms with van der Waals surface area (Å²) in [6.45, 7) is 0.483. The van der Waals surface area contributed by atoms with Crippen LogP contribution in [0, 0.1) is 0 Å². The number of nitrogens with one attached hydrogen (secondary N) is 1. The Hall–Kier alpha value is -1.91. The van der Waals surface area contributed by atoms with Crippen LogP contribution in [0.25, 0.3) is 0 Å². The van der Waals surface area contributed by atoms with Gasteiger partial charge >= 0.3 is 5.97 Å². The van der Waals surface area contributed by atoms with E-state index in [2.05, 4.69) is 5.32 Å². The summed E-state index contributed by atoms with van der Waals surface area (Å²) in [6.07, 6.45) is 0. The monoisotopic (exact) mass is 311 g/mol. The molecule has 20 heavy (non-hydrogen) atoms. The SMILES string of the molecule is O=C(O)c1ccc(CNc2cc(Cl)c(O)c(Cl)c2)cc1. The maximum atomic E-state index is 10.7. The van der Waals surface area contributed by atoms with Crippen molar-refractivity contribution < 1.29 is 15.0 Å². The third-order valence-electron chi connectivity index (χ3n) is 2.71. The van der Waals surface area contributed by atoms with Crippen LogP contribution in [0.5, 0.6) is 5.75 Å². The lowest BCUT2D eigenvalue weighted by molar-refractivity contribution is 0.0697.